The van der Waals surface area contributed by atoms with E-state index >= 15 is 0 Å². The van der Waals surface area contributed by atoms with Gasteiger partial charge in [0.25, 0.3) is 11.8 Å². The van der Waals surface area contributed by atoms with Crippen LogP contribution in [0, 0.1) is 0 Å². The second kappa shape index (κ2) is 8.49. The zero-order chi connectivity index (χ0) is 21.3. The Hall–Kier alpha value is -2.22. The van der Waals surface area contributed by atoms with Gasteiger partial charge >= 0.3 is 0 Å². The third kappa shape index (κ3) is 4.43. The van der Waals surface area contributed by atoms with Crippen LogP contribution in [0.5, 0.6) is 0 Å². The normalized spacial score (nSPS) is 21.7. The van der Waals surface area contributed by atoms with E-state index in [-0.39, 0.29) is 36.9 Å². The summed E-state index contributed by atoms with van der Waals surface area (Å²) < 4.78 is 0.497. The SMILES string of the molecule is CN1CCc2ccc(NC(=O)C3(NC(=O)c4ccc(Cl)s4)CCC(=O)C3)cc2CC1. The van der Waals surface area contributed by atoms with E-state index in [2.05, 4.69) is 28.6 Å². The molecule has 1 aliphatic carbocycles. The molecule has 0 bridgehead atoms. The number of hydrogen-bond donors (Lipinski definition) is 2. The van der Waals surface area contributed by atoms with Crippen molar-refractivity contribution in [1.82, 2.24) is 10.2 Å². The molecule has 2 N–H and O–H groups in total. The summed E-state index contributed by atoms with van der Waals surface area (Å²) in [5.41, 5.74) is 1.98. The highest BCUT2D eigenvalue weighted by Crippen LogP contribution is 2.31. The molecule has 6 nitrogen and oxygen atoms in total. The van der Waals surface area contributed by atoms with E-state index in [1.54, 1.807) is 12.1 Å². The van der Waals surface area contributed by atoms with Gasteiger partial charge in [0.05, 0.1) is 9.21 Å². The van der Waals surface area contributed by atoms with Crippen molar-refractivity contribution in [2.24, 2.45) is 0 Å². The van der Waals surface area contributed by atoms with E-state index in [1.807, 2.05) is 12.1 Å². The molecule has 2 heterocycles. The highest BCUT2D eigenvalue weighted by atomic mass is 35.5. The Morgan fingerprint density at radius 1 is 1.10 bits per heavy atom. The van der Waals surface area contributed by atoms with Gasteiger partial charge in [0.2, 0.25) is 0 Å². The van der Waals surface area contributed by atoms with Gasteiger partial charge in [-0.25, -0.2) is 0 Å². The predicted octanol–water partition coefficient (Wildman–Crippen LogP) is 3.29. The lowest BCUT2D eigenvalue weighted by Gasteiger charge is -2.28. The number of benzene rings is 1. The minimum absolute atomic E-state index is 0.000579. The average molecular weight is 446 g/mol. The summed E-state index contributed by atoms with van der Waals surface area (Å²) in [6, 6.07) is 9.23. The first-order valence-corrected chi connectivity index (χ1v) is 11.3. The lowest BCUT2D eigenvalue weighted by Crippen LogP contribution is -2.55. The zero-order valence-electron chi connectivity index (χ0n) is 16.8. The summed E-state index contributed by atoms with van der Waals surface area (Å²) in [5.74, 6) is -0.767. The quantitative estimate of drug-likeness (QED) is 0.756. The average Bonchev–Trinajstić information content (AvgIpc) is 3.26. The van der Waals surface area contributed by atoms with Gasteiger partial charge in [-0.3, -0.25) is 14.4 Å². The molecule has 158 valence electrons. The molecule has 0 saturated heterocycles. The van der Waals surface area contributed by atoms with Crippen molar-refractivity contribution in [3.63, 3.8) is 0 Å². The number of hydrogen-bond acceptors (Lipinski definition) is 5. The summed E-state index contributed by atoms with van der Waals surface area (Å²) >= 11 is 7.07. The highest BCUT2D eigenvalue weighted by molar-refractivity contribution is 7.18. The number of nitrogens with zero attached hydrogens (tertiary/aromatic N) is 1. The number of carbonyl (C=O) groups is 3. The van der Waals surface area contributed by atoms with Crippen molar-refractivity contribution >= 4 is 46.2 Å². The number of thiophene rings is 1. The lowest BCUT2D eigenvalue weighted by molar-refractivity contribution is -0.124. The molecule has 1 fully saturated rings. The van der Waals surface area contributed by atoms with Gasteiger partial charge in [-0.15, -0.1) is 11.3 Å². The van der Waals surface area contributed by atoms with Crippen molar-refractivity contribution < 1.29 is 14.4 Å². The molecule has 8 heteroatoms. The minimum atomic E-state index is -1.24. The topological polar surface area (TPSA) is 78.5 Å². The highest BCUT2D eigenvalue weighted by Gasteiger charge is 2.46. The maximum Gasteiger partial charge on any atom is 0.262 e. The molecule has 2 aromatic rings. The van der Waals surface area contributed by atoms with Crippen LogP contribution in [0.1, 0.15) is 40.1 Å². The number of rotatable bonds is 4. The third-order valence-corrected chi connectivity index (χ3v) is 7.13. The maximum atomic E-state index is 13.2. The number of halogens is 1. The zero-order valence-corrected chi connectivity index (χ0v) is 18.4. The second-order valence-electron chi connectivity index (χ2n) is 8.10. The first kappa shape index (κ1) is 21.0. The number of anilines is 1. The number of ketones is 1. The predicted molar refractivity (Wildman–Crippen MR) is 118 cm³/mol. The molecule has 2 amide bonds. The Morgan fingerprint density at radius 3 is 2.53 bits per heavy atom. The molecule has 30 heavy (non-hydrogen) atoms. The van der Waals surface area contributed by atoms with E-state index in [1.165, 1.54) is 11.1 Å². The summed E-state index contributed by atoms with van der Waals surface area (Å²) in [7, 11) is 2.11. The summed E-state index contributed by atoms with van der Waals surface area (Å²) in [5, 5.41) is 5.77. The van der Waals surface area contributed by atoms with E-state index in [9.17, 15) is 14.4 Å². The Labute approximate surface area is 184 Å². The minimum Gasteiger partial charge on any atom is -0.336 e. The van der Waals surface area contributed by atoms with Gasteiger partial charge in [-0.1, -0.05) is 17.7 Å². The largest absolute Gasteiger partial charge is 0.336 e. The first-order chi connectivity index (χ1) is 14.3. The Kier molecular flexibility index (Phi) is 5.95. The monoisotopic (exact) mass is 445 g/mol. The van der Waals surface area contributed by atoms with Gasteiger partial charge < -0.3 is 15.5 Å². The van der Waals surface area contributed by atoms with Crippen LogP contribution in [-0.4, -0.2) is 48.2 Å². The molecule has 1 unspecified atom stereocenters. The van der Waals surface area contributed by atoms with E-state index in [4.69, 9.17) is 11.6 Å². The fourth-order valence-corrected chi connectivity index (χ4v) is 5.04. The first-order valence-electron chi connectivity index (χ1n) is 10.1. The molecule has 2 aliphatic rings. The fraction of sp³-hybridized carbons (Fsp3) is 0.409. The Balaban J connectivity index is 1.53. The molecule has 1 aromatic heterocycles. The third-order valence-electron chi connectivity index (χ3n) is 5.90. The standard InChI is InChI=1S/C22H24ClN3O3S/c1-26-10-7-14-2-3-16(12-15(14)8-11-26)24-21(29)22(9-6-17(27)13-22)25-20(28)18-4-5-19(23)30-18/h2-5,12H,6-11,13H2,1H3,(H,24,29)(H,25,28). The Morgan fingerprint density at radius 2 is 1.87 bits per heavy atom. The molecule has 4 rings (SSSR count). The maximum absolute atomic E-state index is 13.2. The van der Waals surface area contributed by atoms with Crippen LogP contribution in [0.2, 0.25) is 4.34 Å². The molecular weight excluding hydrogens is 422 g/mol. The van der Waals surface area contributed by atoms with Crippen molar-refractivity contribution in [3.8, 4) is 0 Å². The molecule has 0 spiro atoms. The molecular formula is C22H24ClN3O3S. The van der Waals surface area contributed by atoms with Crippen molar-refractivity contribution in [3.05, 3.63) is 50.7 Å². The van der Waals surface area contributed by atoms with Crippen LogP contribution >= 0.6 is 22.9 Å². The molecule has 1 atom stereocenters. The van der Waals surface area contributed by atoms with Gasteiger partial charge in [0.1, 0.15) is 11.3 Å². The number of Topliss-reactive ketones (excluding diaryl/α,β-unsaturated/α-hetero) is 1. The van der Waals surface area contributed by atoms with E-state index in [0.717, 1.165) is 37.3 Å². The van der Waals surface area contributed by atoms with Crippen molar-refractivity contribution in [2.45, 2.75) is 37.6 Å². The van der Waals surface area contributed by atoms with Gasteiger partial charge in [-0.05, 0) is 61.7 Å². The summed E-state index contributed by atoms with van der Waals surface area (Å²) in [6.07, 6.45) is 2.47. The van der Waals surface area contributed by atoms with Crippen LogP contribution in [0.4, 0.5) is 5.69 Å². The molecule has 0 radical (unpaired) electrons. The van der Waals surface area contributed by atoms with Gasteiger partial charge in [-0.2, -0.15) is 0 Å². The molecule has 1 saturated carbocycles. The van der Waals surface area contributed by atoms with Crippen LogP contribution in [-0.2, 0) is 22.4 Å². The van der Waals surface area contributed by atoms with Crippen LogP contribution in [0.25, 0.3) is 0 Å². The number of carbonyl (C=O) groups excluding carboxylic acids is 3. The number of likely N-dealkylation sites (N-methyl/N-ethyl adjacent to an activating group) is 1. The summed E-state index contributed by atoms with van der Waals surface area (Å²) in [4.78, 5) is 40.7. The van der Waals surface area contributed by atoms with Crippen LogP contribution in [0.15, 0.2) is 30.3 Å². The number of fused-ring (bicyclic) bond motifs is 1. The van der Waals surface area contributed by atoms with E-state index in [0.29, 0.717) is 14.9 Å². The summed E-state index contributed by atoms with van der Waals surface area (Å²) in [6.45, 7) is 1.99. The Bertz CT molecular complexity index is 1010. The molecule has 1 aromatic carbocycles. The number of amides is 2. The van der Waals surface area contributed by atoms with Gasteiger partial charge in [0.15, 0.2) is 0 Å². The van der Waals surface area contributed by atoms with Crippen molar-refractivity contribution in [1.29, 1.82) is 0 Å². The fourth-order valence-electron chi connectivity index (χ4n) is 4.10. The number of nitrogens with one attached hydrogen (secondary N) is 2. The van der Waals surface area contributed by atoms with Crippen molar-refractivity contribution in [2.75, 3.05) is 25.5 Å². The smallest absolute Gasteiger partial charge is 0.262 e. The van der Waals surface area contributed by atoms with Crippen LogP contribution < -0.4 is 10.6 Å². The second-order valence-corrected chi connectivity index (χ2v) is 9.81. The molecule has 1 aliphatic heterocycles. The van der Waals surface area contributed by atoms with E-state index < -0.39 is 5.54 Å². The van der Waals surface area contributed by atoms with Crippen LogP contribution in [0.3, 0.4) is 0 Å². The lowest BCUT2D eigenvalue weighted by atomic mass is 9.95. The van der Waals surface area contributed by atoms with Gasteiger partial charge in [0, 0.05) is 31.6 Å².